The molecule has 3 unspecified atom stereocenters. The maximum Gasteiger partial charge on any atom is 0.311 e. The molecule has 0 N–H and O–H groups in total. The van der Waals surface area contributed by atoms with Gasteiger partial charge in [0.05, 0.1) is 5.92 Å². The van der Waals surface area contributed by atoms with E-state index in [1.165, 1.54) is 0 Å². The Morgan fingerprint density at radius 3 is 2.47 bits per heavy atom. The molecule has 1 fully saturated rings. The lowest BCUT2D eigenvalue weighted by Gasteiger charge is -2.17. The molecular weight excluding hydrogens is 419 g/mol. The van der Waals surface area contributed by atoms with Crippen molar-refractivity contribution in [3.8, 4) is 11.5 Å². The van der Waals surface area contributed by atoms with Gasteiger partial charge in [-0.15, -0.1) is 0 Å². The van der Waals surface area contributed by atoms with E-state index in [2.05, 4.69) is 0 Å². The van der Waals surface area contributed by atoms with Crippen LogP contribution in [0.15, 0.2) is 77.3 Å². The fraction of sp³-hybridized carbons (Fsp3) is 0.320. The second-order valence-electron chi connectivity index (χ2n) is 7.96. The summed E-state index contributed by atoms with van der Waals surface area (Å²) in [4.78, 5) is 12.9. The zero-order chi connectivity index (χ0) is 21.7. The highest BCUT2D eigenvalue weighted by Crippen LogP contribution is 2.60. The van der Waals surface area contributed by atoms with Crippen molar-refractivity contribution in [3.63, 3.8) is 0 Å². The molecule has 30 heavy (non-hydrogen) atoms. The standard InChI is InChI=1S/C25H26Cl2O3/c1-4-5-14-21(30-24(28)23-20(16-22(26)27)25(23,2)3)17-10-9-13-19(15-17)29-18-11-7-6-8-12-18/h5-16,20-21,23H,4H2,1-3H3. The molecule has 158 valence electrons. The van der Waals surface area contributed by atoms with Crippen molar-refractivity contribution in [2.24, 2.45) is 17.3 Å². The van der Waals surface area contributed by atoms with Crippen LogP contribution in [-0.2, 0) is 9.53 Å². The summed E-state index contributed by atoms with van der Waals surface area (Å²) < 4.78 is 12.0. The molecule has 3 rings (SSSR count). The van der Waals surface area contributed by atoms with Crippen LogP contribution in [0.5, 0.6) is 11.5 Å². The van der Waals surface area contributed by atoms with Gasteiger partial charge in [0.2, 0.25) is 0 Å². The number of carbonyl (C=O) groups excluding carboxylic acids is 1. The lowest BCUT2D eigenvalue weighted by atomic mass is 10.1. The van der Waals surface area contributed by atoms with Crippen molar-refractivity contribution < 1.29 is 14.3 Å². The summed E-state index contributed by atoms with van der Waals surface area (Å²) in [7, 11) is 0. The maximum absolute atomic E-state index is 12.9. The first-order chi connectivity index (χ1) is 14.3. The Labute approximate surface area is 188 Å². The zero-order valence-electron chi connectivity index (χ0n) is 17.3. The van der Waals surface area contributed by atoms with E-state index in [0.29, 0.717) is 5.75 Å². The normalized spacial score (nSPS) is 20.4. The molecule has 0 radical (unpaired) electrons. The lowest BCUT2D eigenvalue weighted by Crippen LogP contribution is -2.14. The first kappa shape index (κ1) is 22.5. The Morgan fingerprint density at radius 1 is 1.10 bits per heavy atom. The summed E-state index contributed by atoms with van der Waals surface area (Å²) in [6, 6.07) is 17.2. The SMILES string of the molecule is CCC=CC(OC(=O)C1C(C=C(Cl)Cl)C1(C)C)c1cccc(Oc2ccccc2)c1. The number of halogens is 2. The van der Waals surface area contributed by atoms with E-state index in [1.807, 2.05) is 87.5 Å². The molecule has 0 spiro atoms. The number of para-hydroxylation sites is 1. The van der Waals surface area contributed by atoms with E-state index >= 15 is 0 Å². The summed E-state index contributed by atoms with van der Waals surface area (Å²) in [5.74, 6) is 0.881. The summed E-state index contributed by atoms with van der Waals surface area (Å²) in [6.07, 6.45) is 5.97. The van der Waals surface area contributed by atoms with Crippen LogP contribution in [0.25, 0.3) is 0 Å². The molecule has 2 aromatic carbocycles. The van der Waals surface area contributed by atoms with Crippen LogP contribution in [0.1, 0.15) is 38.9 Å². The largest absolute Gasteiger partial charge is 0.457 e. The predicted octanol–water partition coefficient (Wildman–Crippen LogP) is 7.62. The Morgan fingerprint density at radius 2 is 1.80 bits per heavy atom. The number of rotatable bonds is 8. The number of allylic oxidation sites excluding steroid dienone is 2. The van der Waals surface area contributed by atoms with Gasteiger partial charge in [-0.25, -0.2) is 0 Å². The number of carbonyl (C=O) groups is 1. The van der Waals surface area contributed by atoms with Gasteiger partial charge in [-0.1, -0.05) is 80.4 Å². The minimum absolute atomic E-state index is 0.0291. The first-order valence-corrected chi connectivity index (χ1v) is 10.8. The molecular formula is C25H26Cl2O3. The smallest absolute Gasteiger partial charge is 0.311 e. The van der Waals surface area contributed by atoms with E-state index in [9.17, 15) is 4.79 Å². The minimum Gasteiger partial charge on any atom is -0.457 e. The van der Waals surface area contributed by atoms with E-state index in [-0.39, 0.29) is 27.7 Å². The second-order valence-corrected chi connectivity index (χ2v) is 8.97. The Bertz CT molecular complexity index is 930. The molecule has 1 saturated carbocycles. The summed E-state index contributed by atoms with van der Waals surface area (Å²) in [6.45, 7) is 6.07. The minimum atomic E-state index is -0.496. The van der Waals surface area contributed by atoms with Crippen molar-refractivity contribution in [2.45, 2.75) is 33.3 Å². The van der Waals surface area contributed by atoms with Gasteiger partial charge in [0.25, 0.3) is 0 Å². The van der Waals surface area contributed by atoms with Crippen molar-refractivity contribution >= 4 is 29.2 Å². The van der Waals surface area contributed by atoms with Crippen LogP contribution in [0, 0.1) is 17.3 Å². The van der Waals surface area contributed by atoms with Gasteiger partial charge in [0.1, 0.15) is 22.1 Å². The van der Waals surface area contributed by atoms with Gasteiger partial charge in [-0.2, -0.15) is 0 Å². The second kappa shape index (κ2) is 9.72. The van der Waals surface area contributed by atoms with Crippen molar-refractivity contribution in [2.75, 3.05) is 0 Å². The van der Waals surface area contributed by atoms with Crippen LogP contribution in [0.2, 0.25) is 0 Å². The van der Waals surface area contributed by atoms with E-state index in [0.717, 1.165) is 17.7 Å². The van der Waals surface area contributed by atoms with Crippen LogP contribution in [0.3, 0.4) is 0 Å². The molecule has 2 aromatic rings. The van der Waals surface area contributed by atoms with Gasteiger partial charge < -0.3 is 9.47 Å². The lowest BCUT2D eigenvalue weighted by molar-refractivity contribution is -0.149. The molecule has 0 heterocycles. The molecule has 0 aliphatic heterocycles. The Kier molecular flexibility index (Phi) is 7.27. The first-order valence-electron chi connectivity index (χ1n) is 10.1. The Balaban J connectivity index is 1.78. The van der Waals surface area contributed by atoms with Crippen LogP contribution in [0.4, 0.5) is 0 Å². The third kappa shape index (κ3) is 5.47. The molecule has 5 heteroatoms. The molecule has 1 aliphatic rings. The van der Waals surface area contributed by atoms with Gasteiger partial charge in [0, 0.05) is 5.56 Å². The molecule has 3 nitrogen and oxygen atoms in total. The van der Waals surface area contributed by atoms with Gasteiger partial charge in [-0.3, -0.25) is 4.79 Å². The van der Waals surface area contributed by atoms with Crippen LogP contribution < -0.4 is 4.74 Å². The molecule has 0 amide bonds. The third-order valence-electron chi connectivity index (χ3n) is 5.43. The van der Waals surface area contributed by atoms with Crippen LogP contribution >= 0.6 is 23.2 Å². The molecule has 0 saturated heterocycles. The Hall–Kier alpha value is -2.23. The zero-order valence-corrected chi connectivity index (χ0v) is 18.9. The number of benzene rings is 2. The van der Waals surface area contributed by atoms with E-state index < -0.39 is 6.10 Å². The van der Waals surface area contributed by atoms with Gasteiger partial charge in [0.15, 0.2) is 0 Å². The van der Waals surface area contributed by atoms with Crippen molar-refractivity contribution in [1.82, 2.24) is 0 Å². The van der Waals surface area contributed by atoms with E-state index in [1.54, 1.807) is 6.08 Å². The molecule has 0 bridgehead atoms. The predicted molar refractivity (Wildman–Crippen MR) is 122 cm³/mol. The van der Waals surface area contributed by atoms with Crippen LogP contribution in [-0.4, -0.2) is 5.97 Å². The van der Waals surface area contributed by atoms with E-state index in [4.69, 9.17) is 32.7 Å². The summed E-state index contributed by atoms with van der Waals surface area (Å²) >= 11 is 11.6. The fourth-order valence-corrected chi connectivity index (χ4v) is 3.90. The highest BCUT2D eigenvalue weighted by molar-refractivity contribution is 6.55. The molecule has 0 aromatic heterocycles. The fourth-order valence-electron chi connectivity index (χ4n) is 3.63. The number of esters is 1. The third-order valence-corrected chi connectivity index (χ3v) is 5.68. The van der Waals surface area contributed by atoms with Gasteiger partial charge >= 0.3 is 5.97 Å². The average Bonchev–Trinajstić information content (AvgIpc) is 3.25. The monoisotopic (exact) mass is 444 g/mol. The number of hydrogen-bond acceptors (Lipinski definition) is 3. The molecule has 1 aliphatic carbocycles. The topological polar surface area (TPSA) is 35.5 Å². The molecule has 3 atom stereocenters. The van der Waals surface area contributed by atoms with Crippen molar-refractivity contribution in [1.29, 1.82) is 0 Å². The highest BCUT2D eigenvalue weighted by Gasteiger charge is 2.61. The average molecular weight is 445 g/mol. The summed E-state index contributed by atoms with van der Waals surface area (Å²) in [5, 5.41) is 0. The highest BCUT2D eigenvalue weighted by atomic mass is 35.5. The maximum atomic E-state index is 12.9. The van der Waals surface area contributed by atoms with Crippen molar-refractivity contribution in [3.05, 3.63) is 82.9 Å². The quantitative estimate of drug-likeness (QED) is 0.310. The number of hydrogen-bond donors (Lipinski definition) is 0. The van der Waals surface area contributed by atoms with Gasteiger partial charge in [-0.05, 0) is 54.2 Å². The summed E-state index contributed by atoms with van der Waals surface area (Å²) in [5.41, 5.74) is 0.617. The number of ether oxygens (including phenoxy) is 2.